The van der Waals surface area contributed by atoms with Gasteiger partial charge in [0.2, 0.25) is 0 Å². The lowest BCUT2D eigenvalue weighted by molar-refractivity contribution is -0.0254. The molecular weight excluding hydrogens is 130 g/mol. The van der Waals surface area contributed by atoms with Gasteiger partial charge in [0.1, 0.15) is 0 Å². The molecule has 0 saturated carbocycles. The van der Waals surface area contributed by atoms with Gasteiger partial charge in [-0.25, -0.2) is 0 Å². The molecule has 0 aromatic heterocycles. The summed E-state index contributed by atoms with van der Waals surface area (Å²) in [7, 11) is 0. The average molecular weight is 145 g/mol. The average Bonchev–Trinajstić information content (AvgIpc) is 1.96. The molecule has 0 aliphatic carbocycles. The van der Waals surface area contributed by atoms with Crippen LogP contribution >= 0.6 is 0 Å². The Balaban J connectivity index is 2.54. The molecule has 0 radical (unpaired) electrons. The number of rotatable bonds is 1. The molecule has 1 saturated heterocycles. The molecule has 1 aliphatic heterocycles. The van der Waals surface area contributed by atoms with E-state index in [2.05, 4.69) is 5.32 Å². The van der Waals surface area contributed by atoms with Crippen LogP contribution in [0.4, 0.5) is 0 Å². The zero-order valence-electron chi connectivity index (χ0n) is 6.30. The molecule has 1 aliphatic rings. The van der Waals surface area contributed by atoms with Crippen LogP contribution in [0.3, 0.4) is 0 Å². The van der Waals surface area contributed by atoms with E-state index in [0.29, 0.717) is 6.54 Å². The molecule has 3 heteroatoms. The summed E-state index contributed by atoms with van der Waals surface area (Å²) in [5, 5.41) is 21.4. The van der Waals surface area contributed by atoms with Crippen molar-refractivity contribution >= 4 is 0 Å². The molecule has 2 atom stereocenters. The third-order valence-electron chi connectivity index (χ3n) is 2.38. The number of aliphatic hydroxyl groups excluding tert-OH is 2. The van der Waals surface area contributed by atoms with Gasteiger partial charge in [-0.1, -0.05) is 6.92 Å². The molecule has 0 unspecified atom stereocenters. The zero-order chi connectivity index (χ0) is 7.61. The fraction of sp³-hybridized carbons (Fsp3) is 1.00. The normalized spacial score (nSPS) is 41.7. The Bertz CT molecular complexity index is 118. The van der Waals surface area contributed by atoms with Gasteiger partial charge in [-0.05, 0) is 13.0 Å². The molecule has 1 rings (SSSR count). The molecule has 0 spiro atoms. The lowest BCUT2D eigenvalue weighted by Gasteiger charge is -2.37. The molecule has 60 valence electrons. The fourth-order valence-electron chi connectivity index (χ4n) is 1.21. The highest BCUT2D eigenvalue weighted by molar-refractivity contribution is 4.87. The minimum atomic E-state index is -0.397. The Hall–Kier alpha value is -0.120. The van der Waals surface area contributed by atoms with Gasteiger partial charge in [-0.15, -0.1) is 0 Å². The summed E-state index contributed by atoms with van der Waals surface area (Å²) in [6.07, 6.45) is 0.455. The summed E-state index contributed by atoms with van der Waals surface area (Å²) in [6, 6.07) is 0. The molecule has 1 fully saturated rings. The van der Waals surface area contributed by atoms with Crippen LogP contribution in [0.1, 0.15) is 13.3 Å². The van der Waals surface area contributed by atoms with Crippen LogP contribution in [0.25, 0.3) is 0 Å². The first-order chi connectivity index (χ1) is 4.69. The SMILES string of the molecule is C[C@@]1(CO)CCNC[C@H]1O. The number of aliphatic hydroxyl groups is 2. The van der Waals surface area contributed by atoms with E-state index in [1.165, 1.54) is 0 Å². The summed E-state index contributed by atoms with van der Waals surface area (Å²) in [6.45, 7) is 3.50. The van der Waals surface area contributed by atoms with E-state index in [1.54, 1.807) is 0 Å². The second-order valence-corrected chi connectivity index (χ2v) is 3.28. The van der Waals surface area contributed by atoms with E-state index in [0.717, 1.165) is 13.0 Å². The van der Waals surface area contributed by atoms with Crippen molar-refractivity contribution in [1.82, 2.24) is 5.32 Å². The Morgan fingerprint density at radius 3 is 2.80 bits per heavy atom. The monoisotopic (exact) mass is 145 g/mol. The van der Waals surface area contributed by atoms with E-state index >= 15 is 0 Å². The summed E-state index contributed by atoms with van der Waals surface area (Å²) in [5.74, 6) is 0. The van der Waals surface area contributed by atoms with Gasteiger partial charge in [0, 0.05) is 12.0 Å². The van der Waals surface area contributed by atoms with Crippen molar-refractivity contribution in [2.24, 2.45) is 5.41 Å². The Kier molecular flexibility index (Phi) is 2.28. The van der Waals surface area contributed by atoms with Crippen molar-refractivity contribution in [2.75, 3.05) is 19.7 Å². The predicted molar refractivity (Wildman–Crippen MR) is 38.7 cm³/mol. The lowest BCUT2D eigenvalue weighted by Crippen LogP contribution is -2.49. The van der Waals surface area contributed by atoms with E-state index in [-0.39, 0.29) is 12.0 Å². The van der Waals surface area contributed by atoms with E-state index in [4.69, 9.17) is 5.11 Å². The molecular formula is C7H15NO2. The lowest BCUT2D eigenvalue weighted by atomic mass is 9.79. The minimum Gasteiger partial charge on any atom is -0.396 e. The number of β-amino-alcohol motifs (C(OH)–C–C–N with tert-alkyl or cyclic N) is 1. The number of hydrogen-bond donors (Lipinski definition) is 3. The van der Waals surface area contributed by atoms with Gasteiger partial charge in [-0.2, -0.15) is 0 Å². The first-order valence-electron chi connectivity index (χ1n) is 3.69. The Morgan fingerprint density at radius 2 is 2.40 bits per heavy atom. The molecule has 10 heavy (non-hydrogen) atoms. The number of nitrogens with one attached hydrogen (secondary N) is 1. The van der Waals surface area contributed by atoms with Crippen molar-refractivity contribution in [1.29, 1.82) is 0 Å². The Labute approximate surface area is 61.1 Å². The first-order valence-corrected chi connectivity index (χ1v) is 3.69. The van der Waals surface area contributed by atoms with Crippen LogP contribution in [0.15, 0.2) is 0 Å². The third kappa shape index (κ3) is 1.31. The zero-order valence-corrected chi connectivity index (χ0v) is 6.30. The summed E-state index contributed by atoms with van der Waals surface area (Å²) >= 11 is 0. The first kappa shape index (κ1) is 7.98. The maximum absolute atomic E-state index is 9.41. The van der Waals surface area contributed by atoms with Crippen LogP contribution < -0.4 is 5.32 Å². The molecule has 0 aromatic rings. The second-order valence-electron chi connectivity index (χ2n) is 3.28. The molecule has 1 heterocycles. The van der Waals surface area contributed by atoms with Crippen molar-refractivity contribution in [3.8, 4) is 0 Å². The van der Waals surface area contributed by atoms with Crippen LogP contribution in [-0.2, 0) is 0 Å². The van der Waals surface area contributed by atoms with Gasteiger partial charge >= 0.3 is 0 Å². The molecule has 3 nitrogen and oxygen atoms in total. The maximum Gasteiger partial charge on any atom is 0.0740 e. The quantitative estimate of drug-likeness (QED) is 0.459. The molecule has 0 bridgehead atoms. The summed E-state index contributed by atoms with van der Waals surface area (Å²) < 4.78 is 0. The van der Waals surface area contributed by atoms with Gasteiger partial charge in [0.25, 0.3) is 0 Å². The second kappa shape index (κ2) is 2.86. The van der Waals surface area contributed by atoms with Crippen LogP contribution in [0.5, 0.6) is 0 Å². The van der Waals surface area contributed by atoms with Crippen LogP contribution in [0.2, 0.25) is 0 Å². The topological polar surface area (TPSA) is 52.5 Å². The van der Waals surface area contributed by atoms with Crippen LogP contribution in [0, 0.1) is 5.41 Å². The highest BCUT2D eigenvalue weighted by atomic mass is 16.3. The van der Waals surface area contributed by atoms with Gasteiger partial charge < -0.3 is 15.5 Å². The van der Waals surface area contributed by atoms with Crippen molar-refractivity contribution in [3.63, 3.8) is 0 Å². The third-order valence-corrected chi connectivity index (χ3v) is 2.38. The summed E-state index contributed by atoms with van der Waals surface area (Å²) in [5.41, 5.74) is -0.273. The van der Waals surface area contributed by atoms with Gasteiger partial charge in [-0.3, -0.25) is 0 Å². The van der Waals surface area contributed by atoms with Crippen molar-refractivity contribution in [2.45, 2.75) is 19.4 Å². The van der Waals surface area contributed by atoms with Gasteiger partial charge in [0.05, 0.1) is 12.7 Å². The predicted octanol–water partition coefficient (Wildman–Crippen LogP) is -0.661. The standard InChI is InChI=1S/C7H15NO2/c1-7(5-9)2-3-8-4-6(7)10/h6,8-10H,2-5H2,1H3/t6-,7+/m1/s1. The highest BCUT2D eigenvalue weighted by Gasteiger charge is 2.34. The largest absolute Gasteiger partial charge is 0.396 e. The van der Waals surface area contributed by atoms with Crippen LogP contribution in [-0.4, -0.2) is 36.0 Å². The smallest absolute Gasteiger partial charge is 0.0740 e. The van der Waals surface area contributed by atoms with E-state index in [9.17, 15) is 5.11 Å². The highest BCUT2D eigenvalue weighted by Crippen LogP contribution is 2.26. The molecule has 3 N–H and O–H groups in total. The number of hydrogen-bond acceptors (Lipinski definition) is 3. The Morgan fingerprint density at radius 1 is 1.70 bits per heavy atom. The van der Waals surface area contributed by atoms with Crippen molar-refractivity contribution in [3.05, 3.63) is 0 Å². The number of piperidine rings is 1. The molecule has 0 aromatic carbocycles. The molecule has 0 amide bonds. The minimum absolute atomic E-state index is 0.0792. The van der Waals surface area contributed by atoms with E-state index in [1.807, 2.05) is 6.92 Å². The van der Waals surface area contributed by atoms with Crippen molar-refractivity contribution < 1.29 is 10.2 Å². The maximum atomic E-state index is 9.41. The summed E-state index contributed by atoms with van der Waals surface area (Å²) in [4.78, 5) is 0. The van der Waals surface area contributed by atoms with E-state index < -0.39 is 6.10 Å². The van der Waals surface area contributed by atoms with Gasteiger partial charge in [0.15, 0.2) is 0 Å². The fourth-order valence-corrected chi connectivity index (χ4v) is 1.21.